The molecule has 1 unspecified atom stereocenters. The summed E-state index contributed by atoms with van der Waals surface area (Å²) in [6, 6.07) is 6.18. The number of ether oxygens (including phenoxy) is 1. The summed E-state index contributed by atoms with van der Waals surface area (Å²) in [5.74, 6) is -0.142. The van der Waals surface area contributed by atoms with E-state index in [1.165, 1.54) is 16.8 Å². The number of esters is 1. The van der Waals surface area contributed by atoms with Crippen LogP contribution in [-0.2, 0) is 16.0 Å². The molecule has 1 aromatic rings. The second kappa shape index (κ2) is 4.56. The number of rotatable bonds is 2. The van der Waals surface area contributed by atoms with E-state index in [0.717, 1.165) is 6.42 Å². The molecule has 0 fully saturated rings. The molecule has 1 heterocycles. The second-order valence-electron chi connectivity index (χ2n) is 4.14. The molecule has 3 heteroatoms. The van der Waals surface area contributed by atoms with Gasteiger partial charge in [0.05, 0.1) is 12.5 Å². The Kier molecular flexibility index (Phi) is 3.13. The summed E-state index contributed by atoms with van der Waals surface area (Å²) < 4.78 is 5.05. The smallest absolute Gasteiger partial charge is 0.311 e. The lowest BCUT2D eigenvalue weighted by atomic mass is 9.92. The van der Waals surface area contributed by atoms with Crippen LogP contribution >= 0.6 is 0 Å². The summed E-state index contributed by atoms with van der Waals surface area (Å²) in [5, 5.41) is 3.32. The molecule has 0 saturated heterocycles. The third kappa shape index (κ3) is 2.03. The normalized spacial score (nSPS) is 18.5. The van der Waals surface area contributed by atoms with E-state index in [2.05, 4.69) is 24.4 Å². The molecule has 0 amide bonds. The number of fused-ring (bicyclic) bond motifs is 1. The zero-order chi connectivity index (χ0) is 11.5. The van der Waals surface area contributed by atoms with Crippen LogP contribution in [0.4, 0.5) is 5.69 Å². The Bertz CT molecular complexity index is 401. The van der Waals surface area contributed by atoms with E-state index in [0.29, 0.717) is 13.2 Å². The number of nitrogens with one attached hydrogen (secondary N) is 1. The molecule has 1 atom stereocenters. The molecule has 1 aromatic carbocycles. The van der Waals surface area contributed by atoms with Crippen LogP contribution in [0.25, 0.3) is 0 Å². The average molecular weight is 219 g/mol. The van der Waals surface area contributed by atoms with Gasteiger partial charge in [-0.25, -0.2) is 0 Å². The van der Waals surface area contributed by atoms with Gasteiger partial charge in [-0.05, 0) is 31.4 Å². The molecule has 1 N–H and O–H groups in total. The van der Waals surface area contributed by atoms with Gasteiger partial charge in [-0.3, -0.25) is 4.79 Å². The molecule has 0 aromatic heterocycles. The quantitative estimate of drug-likeness (QED) is 0.774. The van der Waals surface area contributed by atoms with Crippen molar-refractivity contribution in [2.45, 2.75) is 20.3 Å². The predicted molar refractivity (Wildman–Crippen MR) is 63.5 cm³/mol. The van der Waals surface area contributed by atoms with E-state index in [4.69, 9.17) is 4.74 Å². The van der Waals surface area contributed by atoms with Crippen molar-refractivity contribution in [2.75, 3.05) is 18.5 Å². The zero-order valence-electron chi connectivity index (χ0n) is 9.75. The maximum absolute atomic E-state index is 11.6. The number of carbonyl (C=O) groups excluding carboxylic acids is 1. The first kappa shape index (κ1) is 11.0. The Hall–Kier alpha value is -1.51. The zero-order valence-corrected chi connectivity index (χ0v) is 9.75. The molecule has 1 aliphatic rings. The minimum absolute atomic E-state index is 0.0470. The van der Waals surface area contributed by atoms with Crippen molar-refractivity contribution < 1.29 is 9.53 Å². The van der Waals surface area contributed by atoms with Gasteiger partial charge >= 0.3 is 5.97 Å². The van der Waals surface area contributed by atoms with Gasteiger partial charge in [0.2, 0.25) is 0 Å². The van der Waals surface area contributed by atoms with Crippen LogP contribution in [0.15, 0.2) is 18.2 Å². The molecule has 0 radical (unpaired) electrons. The fourth-order valence-electron chi connectivity index (χ4n) is 2.14. The number of benzene rings is 1. The van der Waals surface area contributed by atoms with E-state index in [-0.39, 0.29) is 11.9 Å². The Morgan fingerprint density at radius 2 is 2.38 bits per heavy atom. The Morgan fingerprint density at radius 3 is 3.12 bits per heavy atom. The van der Waals surface area contributed by atoms with Gasteiger partial charge in [0.15, 0.2) is 0 Å². The maximum atomic E-state index is 11.6. The van der Waals surface area contributed by atoms with E-state index < -0.39 is 0 Å². The first-order chi connectivity index (χ1) is 7.72. The number of hydrogen-bond acceptors (Lipinski definition) is 3. The van der Waals surface area contributed by atoms with Crippen LogP contribution in [0.2, 0.25) is 0 Å². The molecule has 0 aliphatic carbocycles. The average Bonchev–Trinajstić information content (AvgIpc) is 2.29. The number of para-hydroxylation sites is 1. The first-order valence-corrected chi connectivity index (χ1v) is 5.71. The fraction of sp³-hybridized carbons (Fsp3) is 0.462. The molecule has 2 rings (SSSR count). The van der Waals surface area contributed by atoms with E-state index in [9.17, 15) is 4.79 Å². The minimum atomic E-state index is -0.0952. The fourth-order valence-corrected chi connectivity index (χ4v) is 2.14. The number of anilines is 1. The van der Waals surface area contributed by atoms with Crippen molar-refractivity contribution in [1.82, 2.24) is 0 Å². The van der Waals surface area contributed by atoms with Crippen molar-refractivity contribution >= 4 is 11.7 Å². The summed E-state index contributed by atoms with van der Waals surface area (Å²) in [6.07, 6.45) is 0.781. The van der Waals surface area contributed by atoms with Crippen LogP contribution in [0.5, 0.6) is 0 Å². The second-order valence-corrected chi connectivity index (χ2v) is 4.14. The van der Waals surface area contributed by atoms with Crippen molar-refractivity contribution in [3.05, 3.63) is 29.3 Å². The highest BCUT2D eigenvalue weighted by molar-refractivity contribution is 5.76. The van der Waals surface area contributed by atoms with Gasteiger partial charge in [0, 0.05) is 12.2 Å². The van der Waals surface area contributed by atoms with Gasteiger partial charge in [-0.2, -0.15) is 0 Å². The van der Waals surface area contributed by atoms with Crippen LogP contribution < -0.4 is 5.32 Å². The van der Waals surface area contributed by atoms with E-state index in [1.54, 1.807) is 0 Å². The van der Waals surface area contributed by atoms with Gasteiger partial charge in [0.1, 0.15) is 0 Å². The molecule has 86 valence electrons. The predicted octanol–water partition coefficient (Wildman–Crippen LogP) is 2.14. The maximum Gasteiger partial charge on any atom is 0.311 e. The molecule has 0 spiro atoms. The lowest BCUT2D eigenvalue weighted by Gasteiger charge is -2.26. The Labute approximate surface area is 95.8 Å². The third-order valence-electron chi connectivity index (χ3n) is 2.97. The van der Waals surface area contributed by atoms with Crippen LogP contribution in [0.1, 0.15) is 18.1 Å². The highest BCUT2D eigenvalue weighted by atomic mass is 16.5. The molecule has 0 bridgehead atoms. The number of aryl methyl sites for hydroxylation is 1. The molecule has 0 saturated carbocycles. The summed E-state index contributed by atoms with van der Waals surface area (Å²) in [7, 11) is 0. The monoisotopic (exact) mass is 219 g/mol. The summed E-state index contributed by atoms with van der Waals surface area (Å²) in [6.45, 7) is 5.05. The number of carbonyl (C=O) groups is 1. The Morgan fingerprint density at radius 1 is 1.56 bits per heavy atom. The molecule has 3 nitrogen and oxygen atoms in total. The van der Waals surface area contributed by atoms with Gasteiger partial charge in [-0.1, -0.05) is 18.2 Å². The van der Waals surface area contributed by atoms with Gasteiger partial charge < -0.3 is 10.1 Å². The summed E-state index contributed by atoms with van der Waals surface area (Å²) >= 11 is 0. The largest absolute Gasteiger partial charge is 0.466 e. The van der Waals surface area contributed by atoms with Crippen molar-refractivity contribution in [2.24, 2.45) is 5.92 Å². The van der Waals surface area contributed by atoms with Gasteiger partial charge in [-0.15, -0.1) is 0 Å². The van der Waals surface area contributed by atoms with Crippen LogP contribution in [0, 0.1) is 12.8 Å². The van der Waals surface area contributed by atoms with Crippen molar-refractivity contribution in [3.63, 3.8) is 0 Å². The van der Waals surface area contributed by atoms with Crippen molar-refractivity contribution in [3.8, 4) is 0 Å². The molecular formula is C13H17NO2. The highest BCUT2D eigenvalue weighted by Gasteiger charge is 2.25. The SMILES string of the molecule is CCOC(=O)C1CNc2c(C)cccc2C1. The molecule has 16 heavy (non-hydrogen) atoms. The highest BCUT2D eigenvalue weighted by Crippen LogP contribution is 2.28. The molecular weight excluding hydrogens is 202 g/mol. The van der Waals surface area contributed by atoms with E-state index in [1.807, 2.05) is 13.0 Å². The van der Waals surface area contributed by atoms with E-state index >= 15 is 0 Å². The van der Waals surface area contributed by atoms with Crippen LogP contribution in [-0.4, -0.2) is 19.1 Å². The first-order valence-electron chi connectivity index (χ1n) is 5.71. The summed E-state index contributed by atoms with van der Waals surface area (Å²) in [5.41, 5.74) is 3.63. The molecule has 1 aliphatic heterocycles. The van der Waals surface area contributed by atoms with Crippen LogP contribution in [0.3, 0.4) is 0 Å². The minimum Gasteiger partial charge on any atom is -0.466 e. The topological polar surface area (TPSA) is 38.3 Å². The standard InChI is InChI=1S/C13H17NO2/c1-3-16-13(15)11-7-10-6-4-5-9(2)12(10)14-8-11/h4-6,11,14H,3,7-8H2,1-2H3. The van der Waals surface area contributed by atoms with Gasteiger partial charge in [0.25, 0.3) is 0 Å². The summed E-state index contributed by atoms with van der Waals surface area (Å²) in [4.78, 5) is 11.6. The Balaban J connectivity index is 2.15. The lowest BCUT2D eigenvalue weighted by molar-refractivity contribution is -0.147. The van der Waals surface area contributed by atoms with Crippen molar-refractivity contribution in [1.29, 1.82) is 0 Å². The lowest BCUT2D eigenvalue weighted by Crippen LogP contribution is -2.31. The number of hydrogen-bond donors (Lipinski definition) is 1. The third-order valence-corrected chi connectivity index (χ3v) is 2.97.